The van der Waals surface area contributed by atoms with Crippen LogP contribution in [-0.4, -0.2) is 18.4 Å². The van der Waals surface area contributed by atoms with Crippen LogP contribution in [0.4, 0.5) is 22.7 Å². The van der Waals surface area contributed by atoms with Gasteiger partial charge in [0.1, 0.15) is 6.17 Å². The number of benzene rings is 5. The first-order chi connectivity index (χ1) is 20.3. The Balaban J connectivity index is 1.28. The predicted octanol–water partition coefficient (Wildman–Crippen LogP) is 8.10. The summed E-state index contributed by atoms with van der Waals surface area (Å²) in [5, 5.41) is 19.2. The number of hydrogen-bond donors (Lipinski definition) is 4. The summed E-state index contributed by atoms with van der Waals surface area (Å²) in [4.78, 5) is 4.83. The smallest absolute Gasteiger partial charge is 0.123 e. The lowest BCUT2D eigenvalue weighted by Crippen LogP contribution is -2.56. The molecule has 0 fully saturated rings. The SMILES string of the molecule is N=CC1NC(c2ccc(N3c4ccccc4Sc4ccccc43)cc2)=C(c2ccccc2)NC1Nc1ccccc1. The normalized spacial score (nSPS) is 17.5. The number of nitrogens with zero attached hydrogens (tertiary/aromatic N) is 1. The van der Waals surface area contributed by atoms with Gasteiger partial charge in [-0.15, -0.1) is 0 Å². The van der Waals surface area contributed by atoms with Crippen LogP contribution in [0.1, 0.15) is 11.1 Å². The summed E-state index contributed by atoms with van der Waals surface area (Å²) in [7, 11) is 0. The van der Waals surface area contributed by atoms with Gasteiger partial charge in [-0.05, 0) is 59.7 Å². The zero-order valence-corrected chi connectivity index (χ0v) is 23.1. The quantitative estimate of drug-likeness (QED) is 0.158. The summed E-state index contributed by atoms with van der Waals surface area (Å²) < 4.78 is 0. The Morgan fingerprint density at radius 1 is 0.610 bits per heavy atom. The zero-order chi connectivity index (χ0) is 27.6. The van der Waals surface area contributed by atoms with Crippen molar-refractivity contribution in [3.05, 3.63) is 145 Å². The lowest BCUT2D eigenvalue weighted by Gasteiger charge is -2.37. The van der Waals surface area contributed by atoms with Crippen LogP contribution >= 0.6 is 11.8 Å². The Morgan fingerprint density at radius 2 is 1.15 bits per heavy atom. The fourth-order valence-electron chi connectivity index (χ4n) is 5.44. The third-order valence-corrected chi connectivity index (χ3v) is 8.53. The summed E-state index contributed by atoms with van der Waals surface area (Å²) in [6.07, 6.45) is 1.26. The Morgan fingerprint density at radius 3 is 1.78 bits per heavy atom. The minimum atomic E-state index is -0.254. The number of anilines is 4. The summed E-state index contributed by atoms with van der Waals surface area (Å²) in [6.45, 7) is 0. The van der Waals surface area contributed by atoms with Gasteiger partial charge in [0.15, 0.2) is 0 Å². The van der Waals surface area contributed by atoms with Crippen LogP contribution in [-0.2, 0) is 0 Å². The van der Waals surface area contributed by atoms with E-state index in [4.69, 9.17) is 5.41 Å². The van der Waals surface area contributed by atoms with Crippen LogP contribution in [0.3, 0.4) is 0 Å². The van der Waals surface area contributed by atoms with Crippen LogP contribution in [0.5, 0.6) is 0 Å². The van der Waals surface area contributed by atoms with E-state index < -0.39 is 0 Å². The van der Waals surface area contributed by atoms with Crippen molar-refractivity contribution >= 4 is 52.1 Å². The molecular formula is C35H29N5S. The molecule has 0 aromatic heterocycles. The zero-order valence-electron chi connectivity index (χ0n) is 22.3. The van der Waals surface area contributed by atoms with E-state index in [1.807, 2.05) is 48.2 Å². The van der Waals surface area contributed by atoms with Gasteiger partial charge in [-0.25, -0.2) is 0 Å². The molecular weight excluding hydrogens is 522 g/mol. The van der Waals surface area contributed by atoms with E-state index in [2.05, 4.69) is 118 Å². The molecule has 6 heteroatoms. The van der Waals surface area contributed by atoms with Crippen molar-refractivity contribution in [1.29, 1.82) is 5.41 Å². The molecule has 0 aliphatic carbocycles. The molecule has 0 saturated heterocycles. The lowest BCUT2D eigenvalue weighted by atomic mass is 9.99. The largest absolute Gasteiger partial charge is 0.372 e. The highest BCUT2D eigenvalue weighted by Gasteiger charge is 2.30. The van der Waals surface area contributed by atoms with Crippen molar-refractivity contribution < 1.29 is 0 Å². The van der Waals surface area contributed by atoms with Crippen molar-refractivity contribution in [1.82, 2.24) is 10.6 Å². The second kappa shape index (κ2) is 10.9. The molecule has 41 heavy (non-hydrogen) atoms. The first kappa shape index (κ1) is 25.1. The topological polar surface area (TPSA) is 63.2 Å². The second-order valence-electron chi connectivity index (χ2n) is 10.0. The van der Waals surface area contributed by atoms with Crippen molar-refractivity contribution in [2.24, 2.45) is 0 Å². The molecule has 2 aliphatic rings. The third-order valence-electron chi connectivity index (χ3n) is 7.40. The summed E-state index contributed by atoms with van der Waals surface area (Å²) >= 11 is 1.81. The van der Waals surface area contributed by atoms with E-state index in [0.29, 0.717) is 0 Å². The standard InChI is InChI=1S/C35H29N5S/c36-23-28-35(37-26-13-5-2-6-14-26)39-34(24-11-3-1-4-12-24)33(38-28)25-19-21-27(22-20-25)40-29-15-7-9-17-31(29)41-32-18-10-8-16-30(32)40/h1-23,28,35-39H. The first-order valence-corrected chi connectivity index (χ1v) is 14.5. The van der Waals surface area contributed by atoms with Gasteiger partial charge in [0.05, 0.1) is 28.8 Å². The highest BCUT2D eigenvalue weighted by Crippen LogP contribution is 2.51. The van der Waals surface area contributed by atoms with E-state index >= 15 is 0 Å². The van der Waals surface area contributed by atoms with Gasteiger partial charge in [0.25, 0.3) is 0 Å². The number of rotatable bonds is 6. The minimum Gasteiger partial charge on any atom is -0.372 e. The molecule has 2 aliphatic heterocycles. The van der Waals surface area contributed by atoms with E-state index in [9.17, 15) is 0 Å². The average Bonchev–Trinajstić information content (AvgIpc) is 3.04. The van der Waals surface area contributed by atoms with Gasteiger partial charge in [-0.3, -0.25) is 0 Å². The lowest BCUT2D eigenvalue weighted by molar-refractivity contribution is 0.557. The predicted molar refractivity (Wildman–Crippen MR) is 171 cm³/mol. The molecule has 0 radical (unpaired) electrons. The highest BCUT2D eigenvalue weighted by atomic mass is 32.2. The Kier molecular flexibility index (Phi) is 6.67. The molecule has 2 heterocycles. The van der Waals surface area contributed by atoms with Crippen LogP contribution in [0.25, 0.3) is 11.4 Å². The van der Waals surface area contributed by atoms with Crippen LogP contribution in [0.15, 0.2) is 143 Å². The van der Waals surface area contributed by atoms with E-state index in [1.54, 1.807) is 0 Å². The van der Waals surface area contributed by atoms with Crippen molar-refractivity contribution in [3.8, 4) is 0 Å². The van der Waals surface area contributed by atoms with Crippen molar-refractivity contribution in [2.45, 2.75) is 22.0 Å². The van der Waals surface area contributed by atoms with Crippen LogP contribution < -0.4 is 20.9 Å². The number of nitrogens with one attached hydrogen (secondary N) is 4. The second-order valence-corrected chi connectivity index (χ2v) is 11.1. The molecule has 5 nitrogen and oxygen atoms in total. The van der Waals surface area contributed by atoms with E-state index in [-0.39, 0.29) is 12.2 Å². The van der Waals surface area contributed by atoms with Crippen LogP contribution in [0.2, 0.25) is 0 Å². The molecule has 200 valence electrons. The Hall–Kier alpha value is -4.94. The molecule has 0 amide bonds. The molecule has 0 saturated carbocycles. The molecule has 0 bridgehead atoms. The number of fused-ring (bicyclic) bond motifs is 2. The molecule has 7 rings (SSSR count). The molecule has 0 spiro atoms. The average molecular weight is 552 g/mol. The fourth-order valence-corrected chi connectivity index (χ4v) is 6.50. The minimum absolute atomic E-state index is 0.202. The number of hydrogen-bond acceptors (Lipinski definition) is 6. The summed E-state index contributed by atoms with van der Waals surface area (Å²) in [6, 6.07) is 46.0. The monoisotopic (exact) mass is 551 g/mol. The number of para-hydroxylation sites is 3. The molecule has 4 N–H and O–H groups in total. The summed E-state index contributed by atoms with van der Waals surface area (Å²) in [5.74, 6) is 0. The van der Waals surface area contributed by atoms with Gasteiger partial charge in [0.2, 0.25) is 0 Å². The first-order valence-electron chi connectivity index (χ1n) is 13.7. The van der Waals surface area contributed by atoms with Crippen LogP contribution in [0, 0.1) is 5.41 Å². The van der Waals surface area contributed by atoms with Gasteiger partial charge in [-0.2, -0.15) is 0 Å². The molecule has 2 atom stereocenters. The van der Waals surface area contributed by atoms with Gasteiger partial charge in [-0.1, -0.05) is 96.7 Å². The summed E-state index contributed by atoms with van der Waals surface area (Å²) in [5.41, 5.74) is 8.57. The third kappa shape index (κ3) is 4.83. The Bertz CT molecular complexity index is 1670. The van der Waals surface area contributed by atoms with Gasteiger partial charge >= 0.3 is 0 Å². The highest BCUT2D eigenvalue weighted by molar-refractivity contribution is 7.99. The molecule has 5 aromatic rings. The molecule has 2 unspecified atom stereocenters. The molecule has 5 aromatic carbocycles. The van der Waals surface area contributed by atoms with E-state index in [0.717, 1.165) is 33.9 Å². The van der Waals surface area contributed by atoms with Crippen molar-refractivity contribution in [2.75, 3.05) is 10.2 Å². The van der Waals surface area contributed by atoms with Gasteiger partial charge in [0, 0.05) is 27.4 Å². The van der Waals surface area contributed by atoms with Crippen molar-refractivity contribution in [3.63, 3.8) is 0 Å². The maximum absolute atomic E-state index is 8.22. The fraction of sp³-hybridized carbons (Fsp3) is 0.0571. The Labute approximate surface area is 244 Å². The maximum Gasteiger partial charge on any atom is 0.123 e. The van der Waals surface area contributed by atoms with E-state index in [1.165, 1.54) is 27.4 Å². The van der Waals surface area contributed by atoms with Gasteiger partial charge < -0.3 is 26.3 Å². The maximum atomic E-state index is 8.22.